The van der Waals surface area contributed by atoms with E-state index in [1.807, 2.05) is 57.0 Å². The fourth-order valence-electron chi connectivity index (χ4n) is 3.58. The van der Waals surface area contributed by atoms with Crippen molar-refractivity contribution in [2.24, 2.45) is 4.99 Å². The molecule has 3 rings (SSSR count). The smallest absolute Gasteiger partial charge is 0.328 e. The van der Waals surface area contributed by atoms with Gasteiger partial charge in [0, 0.05) is 27.2 Å². The molecule has 2 saturated heterocycles. The maximum absolute atomic E-state index is 13.2. The number of rotatable bonds is 7. The van der Waals surface area contributed by atoms with Crippen LogP contribution in [0.15, 0.2) is 29.3 Å². The number of guanidine groups is 1. The Morgan fingerprint density at radius 2 is 1.83 bits per heavy atom. The lowest BCUT2D eigenvalue weighted by atomic mass is 10.1. The summed E-state index contributed by atoms with van der Waals surface area (Å²) < 4.78 is 5.54. The van der Waals surface area contributed by atoms with Crippen LogP contribution >= 0.6 is 0 Å². The SMILES string of the molecule is Cc1ccc(CN2C(=O)C3C(NC(=NCCCOC(C)C)N3C)N(C)C2=O)cc1. The summed E-state index contributed by atoms with van der Waals surface area (Å²) in [5, 5.41) is 3.24. The van der Waals surface area contributed by atoms with Gasteiger partial charge in [-0.15, -0.1) is 0 Å². The topological polar surface area (TPSA) is 77.5 Å². The molecule has 1 N–H and O–H groups in total. The van der Waals surface area contributed by atoms with Crippen molar-refractivity contribution in [1.29, 1.82) is 0 Å². The van der Waals surface area contributed by atoms with E-state index >= 15 is 0 Å². The number of hydrogen-bond acceptors (Lipinski definition) is 4. The molecule has 8 heteroatoms. The first kappa shape index (κ1) is 21.1. The summed E-state index contributed by atoms with van der Waals surface area (Å²) in [7, 11) is 3.56. The van der Waals surface area contributed by atoms with Gasteiger partial charge in [0.05, 0.1) is 12.6 Å². The summed E-state index contributed by atoms with van der Waals surface area (Å²) in [5.41, 5.74) is 2.07. The number of benzene rings is 1. The average molecular weight is 402 g/mol. The van der Waals surface area contributed by atoms with E-state index in [-0.39, 0.29) is 24.6 Å². The lowest BCUT2D eigenvalue weighted by molar-refractivity contribution is -0.137. The highest BCUT2D eigenvalue weighted by atomic mass is 16.5. The van der Waals surface area contributed by atoms with Gasteiger partial charge in [-0.25, -0.2) is 4.79 Å². The molecule has 0 saturated carbocycles. The van der Waals surface area contributed by atoms with Crippen LogP contribution in [0.4, 0.5) is 4.79 Å². The van der Waals surface area contributed by atoms with Gasteiger partial charge in [-0.1, -0.05) is 29.8 Å². The number of aryl methyl sites for hydroxylation is 1. The van der Waals surface area contributed by atoms with E-state index in [0.717, 1.165) is 17.5 Å². The number of nitrogens with one attached hydrogen (secondary N) is 1. The molecule has 0 bridgehead atoms. The van der Waals surface area contributed by atoms with E-state index in [9.17, 15) is 9.59 Å². The number of fused-ring (bicyclic) bond motifs is 1. The molecule has 2 aliphatic heterocycles. The first-order valence-electron chi connectivity index (χ1n) is 10.1. The Kier molecular flexibility index (Phi) is 6.42. The first-order valence-corrected chi connectivity index (χ1v) is 10.1. The predicted octanol–water partition coefficient (Wildman–Crippen LogP) is 1.79. The number of urea groups is 1. The van der Waals surface area contributed by atoms with Gasteiger partial charge >= 0.3 is 6.03 Å². The van der Waals surface area contributed by atoms with E-state index in [1.165, 1.54) is 4.90 Å². The molecule has 1 aromatic carbocycles. The van der Waals surface area contributed by atoms with E-state index < -0.39 is 12.2 Å². The van der Waals surface area contributed by atoms with Crippen molar-refractivity contribution in [3.05, 3.63) is 35.4 Å². The zero-order valence-corrected chi connectivity index (χ0v) is 17.9. The molecule has 1 aromatic rings. The molecular formula is C21H31N5O3. The van der Waals surface area contributed by atoms with Gasteiger partial charge in [0.15, 0.2) is 12.0 Å². The zero-order valence-electron chi connectivity index (χ0n) is 17.9. The molecule has 29 heavy (non-hydrogen) atoms. The predicted molar refractivity (Wildman–Crippen MR) is 111 cm³/mol. The molecule has 8 nitrogen and oxygen atoms in total. The maximum Gasteiger partial charge on any atom is 0.328 e. The van der Waals surface area contributed by atoms with Crippen LogP contribution in [0, 0.1) is 6.92 Å². The fourth-order valence-corrected chi connectivity index (χ4v) is 3.58. The van der Waals surface area contributed by atoms with Crippen molar-refractivity contribution in [3.63, 3.8) is 0 Å². The summed E-state index contributed by atoms with van der Waals surface area (Å²) in [6, 6.07) is 7.07. The normalized spacial score (nSPS) is 23.2. The number of likely N-dealkylation sites (N-methyl/N-ethyl adjacent to an activating group) is 2. The quantitative estimate of drug-likeness (QED) is 0.705. The van der Waals surface area contributed by atoms with Gasteiger partial charge in [0.1, 0.15) is 6.17 Å². The molecular weight excluding hydrogens is 370 g/mol. The summed E-state index contributed by atoms with van der Waals surface area (Å²) in [4.78, 5) is 35.3. The summed E-state index contributed by atoms with van der Waals surface area (Å²) in [6.07, 6.45) is 0.587. The van der Waals surface area contributed by atoms with Crippen LogP contribution in [0.25, 0.3) is 0 Å². The van der Waals surface area contributed by atoms with E-state index in [4.69, 9.17) is 4.74 Å². The zero-order chi connectivity index (χ0) is 21.1. The van der Waals surface area contributed by atoms with Crippen molar-refractivity contribution in [3.8, 4) is 0 Å². The third kappa shape index (κ3) is 4.53. The number of ether oxygens (including phenoxy) is 1. The molecule has 0 aromatic heterocycles. The number of imide groups is 1. The van der Waals surface area contributed by atoms with Gasteiger partial charge in [-0.05, 0) is 32.8 Å². The molecule has 2 atom stereocenters. The van der Waals surface area contributed by atoms with Gasteiger partial charge in [-0.3, -0.25) is 14.7 Å². The number of aliphatic imine (C=N–C) groups is 1. The van der Waals surface area contributed by atoms with Gasteiger partial charge in [-0.2, -0.15) is 0 Å². The first-order chi connectivity index (χ1) is 13.8. The second-order valence-corrected chi connectivity index (χ2v) is 7.93. The third-order valence-corrected chi connectivity index (χ3v) is 5.27. The van der Waals surface area contributed by atoms with Crippen LogP contribution in [0.1, 0.15) is 31.4 Å². The van der Waals surface area contributed by atoms with Gasteiger partial charge < -0.3 is 19.9 Å². The Morgan fingerprint density at radius 1 is 1.14 bits per heavy atom. The standard InChI is InChI=1S/C21H31N5O3/c1-14(2)29-12-6-11-22-20-23-18-17(24(20)4)19(27)26(21(28)25(18)5)13-16-9-7-15(3)8-10-16/h7-10,14,17-18H,6,11-13H2,1-5H3,(H,22,23). The molecule has 2 fully saturated rings. The van der Waals surface area contributed by atoms with Crippen LogP contribution in [0.3, 0.4) is 0 Å². The Morgan fingerprint density at radius 3 is 2.48 bits per heavy atom. The van der Waals surface area contributed by atoms with Crippen LogP contribution in [-0.4, -0.2) is 78.2 Å². The second-order valence-electron chi connectivity index (χ2n) is 7.93. The molecule has 0 aliphatic carbocycles. The Labute approximate surface area is 172 Å². The highest BCUT2D eigenvalue weighted by Crippen LogP contribution is 2.25. The fraction of sp³-hybridized carbons (Fsp3) is 0.571. The molecule has 2 unspecified atom stereocenters. The molecule has 0 radical (unpaired) electrons. The van der Waals surface area contributed by atoms with Crippen molar-refractivity contribution in [1.82, 2.24) is 20.0 Å². The Hall–Kier alpha value is -2.61. The third-order valence-electron chi connectivity index (χ3n) is 5.27. The number of hydrogen-bond donors (Lipinski definition) is 1. The molecule has 3 amide bonds. The van der Waals surface area contributed by atoms with Crippen molar-refractivity contribution < 1.29 is 14.3 Å². The van der Waals surface area contributed by atoms with Crippen molar-refractivity contribution in [2.45, 2.75) is 52.0 Å². The Balaban J connectivity index is 1.69. The molecule has 0 spiro atoms. The van der Waals surface area contributed by atoms with Crippen molar-refractivity contribution in [2.75, 3.05) is 27.2 Å². The highest BCUT2D eigenvalue weighted by Gasteiger charge is 2.51. The number of carbonyl (C=O) groups is 2. The number of nitrogens with zero attached hydrogens (tertiary/aromatic N) is 4. The lowest BCUT2D eigenvalue weighted by Crippen LogP contribution is -2.65. The average Bonchev–Trinajstić information content (AvgIpc) is 3.01. The minimum Gasteiger partial charge on any atom is -0.379 e. The second kappa shape index (κ2) is 8.82. The van der Waals surface area contributed by atoms with E-state index in [0.29, 0.717) is 19.1 Å². The van der Waals surface area contributed by atoms with Gasteiger partial charge in [0.2, 0.25) is 0 Å². The van der Waals surface area contributed by atoms with Crippen LogP contribution < -0.4 is 5.32 Å². The molecule has 2 aliphatic rings. The summed E-state index contributed by atoms with van der Waals surface area (Å²) in [5.74, 6) is 0.428. The minimum atomic E-state index is -0.492. The maximum atomic E-state index is 13.2. The Bertz CT molecular complexity index is 777. The van der Waals surface area contributed by atoms with E-state index in [1.54, 1.807) is 11.9 Å². The lowest BCUT2D eigenvalue weighted by Gasteiger charge is -2.40. The van der Waals surface area contributed by atoms with Crippen LogP contribution in [0.2, 0.25) is 0 Å². The minimum absolute atomic E-state index is 0.203. The van der Waals surface area contributed by atoms with Gasteiger partial charge in [0.25, 0.3) is 5.91 Å². The summed E-state index contributed by atoms with van der Waals surface area (Å²) >= 11 is 0. The van der Waals surface area contributed by atoms with E-state index in [2.05, 4.69) is 10.3 Å². The number of carbonyl (C=O) groups excluding carboxylic acids is 2. The van der Waals surface area contributed by atoms with Crippen molar-refractivity contribution >= 4 is 17.9 Å². The largest absolute Gasteiger partial charge is 0.379 e. The number of amides is 3. The molecule has 158 valence electrons. The monoisotopic (exact) mass is 401 g/mol. The highest BCUT2D eigenvalue weighted by molar-refractivity contribution is 6.04. The summed E-state index contributed by atoms with van der Waals surface area (Å²) in [6.45, 7) is 7.52. The van der Waals surface area contributed by atoms with Crippen LogP contribution in [-0.2, 0) is 16.1 Å². The molecule has 2 heterocycles. The van der Waals surface area contributed by atoms with Crippen LogP contribution in [0.5, 0.6) is 0 Å².